The third-order valence-corrected chi connectivity index (χ3v) is 4.98. The molecule has 0 amide bonds. The van der Waals surface area contributed by atoms with Crippen LogP contribution < -0.4 is 4.90 Å². The van der Waals surface area contributed by atoms with Crippen LogP contribution in [0.4, 0.5) is 5.13 Å². The molecule has 1 aliphatic heterocycles. The molecule has 0 N–H and O–H groups in total. The lowest BCUT2D eigenvalue weighted by Gasteiger charge is -2.31. The molecule has 0 spiro atoms. The van der Waals surface area contributed by atoms with Crippen molar-refractivity contribution in [3.63, 3.8) is 0 Å². The standard InChI is InChI=1S/C16H20N4O2S/c1-16(2,3)13-10-20-14(17-13)23-15(18-20)19-6-8-22-12(9-19)11-5-4-7-21-11/h4-5,7,10,12H,6,8-9H2,1-3H3. The van der Waals surface area contributed by atoms with E-state index in [1.165, 1.54) is 0 Å². The highest BCUT2D eigenvalue weighted by atomic mass is 32.1. The minimum Gasteiger partial charge on any atom is -0.467 e. The first kappa shape index (κ1) is 14.7. The maximum atomic E-state index is 5.81. The van der Waals surface area contributed by atoms with Gasteiger partial charge in [0.1, 0.15) is 11.9 Å². The van der Waals surface area contributed by atoms with Crippen LogP contribution in [-0.2, 0) is 10.2 Å². The van der Waals surface area contributed by atoms with Gasteiger partial charge < -0.3 is 14.1 Å². The summed E-state index contributed by atoms with van der Waals surface area (Å²) in [5, 5.41) is 5.68. The van der Waals surface area contributed by atoms with Crippen LogP contribution in [0.5, 0.6) is 0 Å². The fraction of sp³-hybridized carbons (Fsp3) is 0.500. The van der Waals surface area contributed by atoms with E-state index in [2.05, 4.69) is 25.7 Å². The van der Waals surface area contributed by atoms with Gasteiger partial charge in [0.05, 0.1) is 31.3 Å². The number of hydrogen-bond acceptors (Lipinski definition) is 6. The topological polar surface area (TPSA) is 55.8 Å². The second-order valence-corrected chi connectivity index (χ2v) is 7.74. The van der Waals surface area contributed by atoms with Gasteiger partial charge in [0.2, 0.25) is 10.1 Å². The Kier molecular flexibility index (Phi) is 3.42. The molecule has 1 aliphatic rings. The van der Waals surface area contributed by atoms with Crippen molar-refractivity contribution in [1.82, 2.24) is 14.6 Å². The van der Waals surface area contributed by atoms with Crippen molar-refractivity contribution in [2.24, 2.45) is 0 Å². The molecule has 0 saturated carbocycles. The molecule has 3 aromatic rings. The molecule has 1 atom stereocenters. The number of rotatable bonds is 2. The minimum atomic E-state index is -0.0416. The lowest BCUT2D eigenvalue weighted by molar-refractivity contribution is 0.0257. The summed E-state index contributed by atoms with van der Waals surface area (Å²) in [7, 11) is 0. The van der Waals surface area contributed by atoms with E-state index in [0.29, 0.717) is 6.61 Å². The molecule has 7 heteroatoms. The molecule has 122 valence electrons. The first-order chi connectivity index (χ1) is 11.0. The van der Waals surface area contributed by atoms with Crippen LogP contribution in [0.15, 0.2) is 29.0 Å². The number of ether oxygens (including phenoxy) is 1. The van der Waals surface area contributed by atoms with Crippen LogP contribution in [0, 0.1) is 0 Å². The summed E-state index contributed by atoms with van der Waals surface area (Å²) >= 11 is 1.62. The van der Waals surface area contributed by atoms with E-state index in [0.717, 1.165) is 34.6 Å². The van der Waals surface area contributed by atoms with Gasteiger partial charge in [0.25, 0.3) is 0 Å². The third-order valence-electron chi connectivity index (χ3n) is 4.00. The van der Waals surface area contributed by atoms with E-state index in [1.54, 1.807) is 17.6 Å². The Labute approximate surface area is 138 Å². The highest BCUT2D eigenvalue weighted by molar-refractivity contribution is 7.20. The number of aromatic nitrogens is 3. The molecular formula is C16H20N4O2S. The number of fused-ring (bicyclic) bond motifs is 1. The van der Waals surface area contributed by atoms with E-state index in [4.69, 9.17) is 19.2 Å². The normalized spacial score (nSPS) is 19.6. The zero-order valence-electron chi connectivity index (χ0n) is 13.5. The molecule has 1 fully saturated rings. The minimum absolute atomic E-state index is 0.0386. The summed E-state index contributed by atoms with van der Waals surface area (Å²) in [5.74, 6) is 0.867. The second-order valence-electron chi connectivity index (χ2n) is 6.81. The lowest BCUT2D eigenvalue weighted by atomic mass is 9.93. The number of furan rings is 1. The van der Waals surface area contributed by atoms with Crippen LogP contribution in [-0.4, -0.2) is 34.3 Å². The van der Waals surface area contributed by atoms with Gasteiger partial charge in [0, 0.05) is 12.0 Å². The molecule has 0 radical (unpaired) electrons. The summed E-state index contributed by atoms with van der Waals surface area (Å²) in [6, 6.07) is 3.85. The number of hydrogen-bond donors (Lipinski definition) is 0. The quantitative estimate of drug-likeness (QED) is 0.721. The predicted octanol–water partition coefficient (Wildman–Crippen LogP) is 3.26. The van der Waals surface area contributed by atoms with Crippen LogP contribution in [0.25, 0.3) is 4.96 Å². The van der Waals surface area contributed by atoms with E-state index in [9.17, 15) is 0 Å². The zero-order valence-corrected chi connectivity index (χ0v) is 14.3. The van der Waals surface area contributed by atoms with Crippen LogP contribution in [0.3, 0.4) is 0 Å². The second kappa shape index (κ2) is 5.35. The van der Waals surface area contributed by atoms with E-state index in [1.807, 2.05) is 22.8 Å². The van der Waals surface area contributed by atoms with Gasteiger partial charge in [-0.2, -0.15) is 0 Å². The Bertz CT molecular complexity index is 768. The van der Waals surface area contributed by atoms with E-state index in [-0.39, 0.29) is 11.5 Å². The van der Waals surface area contributed by atoms with Crippen molar-refractivity contribution in [2.75, 3.05) is 24.6 Å². The predicted molar refractivity (Wildman–Crippen MR) is 89.2 cm³/mol. The summed E-state index contributed by atoms with van der Waals surface area (Å²) < 4.78 is 13.2. The highest BCUT2D eigenvalue weighted by Gasteiger charge is 2.27. The Morgan fingerprint density at radius 2 is 2.22 bits per heavy atom. The van der Waals surface area contributed by atoms with Gasteiger partial charge in [-0.05, 0) is 12.1 Å². The van der Waals surface area contributed by atoms with Gasteiger partial charge in [-0.15, -0.1) is 5.10 Å². The Hall–Kier alpha value is -1.86. The van der Waals surface area contributed by atoms with Gasteiger partial charge in [0.15, 0.2) is 0 Å². The highest BCUT2D eigenvalue weighted by Crippen LogP contribution is 2.31. The largest absolute Gasteiger partial charge is 0.467 e. The molecule has 0 bridgehead atoms. The molecule has 4 rings (SSSR count). The average molecular weight is 332 g/mol. The molecular weight excluding hydrogens is 312 g/mol. The Balaban J connectivity index is 1.57. The van der Waals surface area contributed by atoms with E-state index < -0.39 is 0 Å². The van der Waals surface area contributed by atoms with Gasteiger partial charge in [-0.3, -0.25) is 0 Å². The fourth-order valence-corrected chi connectivity index (χ4v) is 3.57. The fourth-order valence-electron chi connectivity index (χ4n) is 2.65. The van der Waals surface area contributed by atoms with Crippen molar-refractivity contribution in [2.45, 2.75) is 32.3 Å². The molecule has 1 saturated heterocycles. The molecule has 4 heterocycles. The molecule has 23 heavy (non-hydrogen) atoms. The zero-order chi connectivity index (χ0) is 16.0. The third kappa shape index (κ3) is 2.74. The molecule has 1 unspecified atom stereocenters. The lowest BCUT2D eigenvalue weighted by Crippen LogP contribution is -2.38. The summed E-state index contributed by atoms with van der Waals surface area (Å²) in [6.45, 7) is 8.74. The molecule has 3 aromatic heterocycles. The summed E-state index contributed by atoms with van der Waals surface area (Å²) in [6.07, 6.45) is 3.67. The van der Waals surface area contributed by atoms with Crippen molar-refractivity contribution < 1.29 is 9.15 Å². The summed E-state index contributed by atoms with van der Waals surface area (Å²) in [4.78, 5) is 7.89. The van der Waals surface area contributed by atoms with Gasteiger partial charge in [-0.25, -0.2) is 9.50 Å². The van der Waals surface area contributed by atoms with Crippen molar-refractivity contribution in [3.8, 4) is 0 Å². The molecule has 0 aromatic carbocycles. The van der Waals surface area contributed by atoms with Crippen LogP contribution >= 0.6 is 11.3 Å². The Morgan fingerprint density at radius 3 is 2.91 bits per heavy atom. The maximum Gasteiger partial charge on any atom is 0.214 e. The number of morpholine rings is 1. The van der Waals surface area contributed by atoms with Crippen LogP contribution in [0.2, 0.25) is 0 Å². The smallest absolute Gasteiger partial charge is 0.214 e. The van der Waals surface area contributed by atoms with Gasteiger partial charge >= 0.3 is 0 Å². The monoisotopic (exact) mass is 332 g/mol. The first-order valence-electron chi connectivity index (χ1n) is 7.77. The molecule has 6 nitrogen and oxygen atoms in total. The number of imidazole rings is 1. The molecule has 0 aliphatic carbocycles. The SMILES string of the molecule is CC(C)(C)c1cn2nc(N3CCOC(c4ccco4)C3)sc2n1. The number of nitrogens with zero attached hydrogens (tertiary/aromatic N) is 4. The maximum absolute atomic E-state index is 5.81. The van der Waals surface area contributed by atoms with Gasteiger partial charge in [-0.1, -0.05) is 32.1 Å². The van der Waals surface area contributed by atoms with E-state index >= 15 is 0 Å². The van der Waals surface area contributed by atoms with Crippen molar-refractivity contribution in [1.29, 1.82) is 0 Å². The summed E-state index contributed by atoms with van der Waals surface area (Å²) in [5.41, 5.74) is 1.11. The first-order valence-corrected chi connectivity index (χ1v) is 8.59. The Morgan fingerprint density at radius 1 is 1.35 bits per heavy atom. The average Bonchev–Trinajstić information content (AvgIpc) is 3.22. The number of anilines is 1. The van der Waals surface area contributed by atoms with Crippen LogP contribution in [0.1, 0.15) is 38.3 Å². The van der Waals surface area contributed by atoms with Crippen molar-refractivity contribution >= 4 is 21.4 Å². The van der Waals surface area contributed by atoms with Crippen molar-refractivity contribution in [3.05, 3.63) is 36.0 Å².